The number of esters is 1. The molecule has 2 heterocycles. The topological polar surface area (TPSA) is 171 Å². The van der Waals surface area contributed by atoms with Gasteiger partial charge in [-0.1, -0.05) is 69.9 Å². The Kier molecular flexibility index (Phi) is 13.9. The maximum atomic E-state index is 15.2. The summed E-state index contributed by atoms with van der Waals surface area (Å²) in [6, 6.07) is 0.0673. The number of guanidine groups is 1. The van der Waals surface area contributed by atoms with Crippen molar-refractivity contribution in [2.24, 2.45) is 57.6 Å². The molecule has 5 fully saturated rings. The molecule has 5 unspecified atom stereocenters. The van der Waals surface area contributed by atoms with Crippen molar-refractivity contribution in [3.05, 3.63) is 35.5 Å². The maximum absolute atomic E-state index is 15.2. The van der Waals surface area contributed by atoms with Gasteiger partial charge in [-0.15, -0.1) is 0 Å². The zero-order valence-corrected chi connectivity index (χ0v) is 36.9. The number of allylic oxidation sites excluding steroid dienone is 3. The normalized spacial score (nSPS) is 37.3. The van der Waals surface area contributed by atoms with Crippen LogP contribution in [0.1, 0.15) is 118 Å². The van der Waals surface area contributed by atoms with Gasteiger partial charge >= 0.3 is 5.97 Å². The molecule has 11 atom stereocenters. The highest BCUT2D eigenvalue weighted by Crippen LogP contribution is 2.63. The number of fused-ring (bicyclic) bond motifs is 3. The number of ether oxygens (including phenoxy) is 2. The van der Waals surface area contributed by atoms with Gasteiger partial charge in [-0.2, -0.15) is 0 Å². The molecular formula is C47H75N7O5. The summed E-state index contributed by atoms with van der Waals surface area (Å²) in [4.78, 5) is 49.4. The first-order valence-corrected chi connectivity index (χ1v) is 23.3. The van der Waals surface area contributed by atoms with Gasteiger partial charge in [-0.25, -0.2) is 4.79 Å². The molecule has 12 heteroatoms. The Labute approximate surface area is 353 Å². The number of nitrogens with two attached hydrogens (primary N) is 1. The highest BCUT2D eigenvalue weighted by atomic mass is 16.7. The molecule has 0 amide bonds. The fourth-order valence-corrected chi connectivity index (χ4v) is 12.7. The van der Waals surface area contributed by atoms with Crippen LogP contribution in [0.3, 0.4) is 0 Å². The third kappa shape index (κ3) is 8.39. The minimum Gasteiger partial charge on any atom is -0.463 e. The Morgan fingerprint density at radius 1 is 1.08 bits per heavy atom. The van der Waals surface area contributed by atoms with Gasteiger partial charge in [-0.3, -0.25) is 19.9 Å². The van der Waals surface area contributed by atoms with Crippen LogP contribution in [0.25, 0.3) is 0 Å². The molecule has 0 spiro atoms. The zero-order chi connectivity index (χ0) is 42.0. The van der Waals surface area contributed by atoms with Gasteiger partial charge in [0.05, 0.1) is 12.8 Å². The number of hydrogen-bond acceptors (Lipinski definition) is 10. The van der Waals surface area contributed by atoms with E-state index in [9.17, 15) is 4.79 Å². The lowest BCUT2D eigenvalue weighted by Crippen LogP contribution is -2.60. The smallest absolute Gasteiger partial charge is 0.350 e. The SMILES string of the molecule is CCN[C@H]1C=C2C=CCC[C@H]2C[C@@H]1COC(=O)[C@]12O[C@@]1(CC=C(C)C1([C@@H](NC(N)=NC)C3CCNC(NCNC)C3)CCCC1)C(=O)C1CCCC(CC(C)C)C1C2=O. The van der Waals surface area contributed by atoms with Crippen molar-refractivity contribution in [1.82, 2.24) is 26.6 Å². The average Bonchev–Trinajstić information content (AvgIpc) is 3.71. The lowest BCUT2D eigenvalue weighted by atomic mass is 9.56. The molecule has 3 saturated carbocycles. The van der Waals surface area contributed by atoms with E-state index in [0.29, 0.717) is 36.8 Å². The van der Waals surface area contributed by atoms with E-state index in [1.54, 1.807) is 7.05 Å². The summed E-state index contributed by atoms with van der Waals surface area (Å²) in [6.07, 6.45) is 21.6. The Morgan fingerprint density at radius 2 is 1.88 bits per heavy atom. The van der Waals surface area contributed by atoms with E-state index >= 15 is 9.59 Å². The number of ketones is 2. The van der Waals surface area contributed by atoms with Crippen LogP contribution in [0, 0.1) is 46.8 Å². The number of piperidine rings is 1. The number of epoxide rings is 1. The molecule has 7 N–H and O–H groups in total. The van der Waals surface area contributed by atoms with Gasteiger partial charge in [-0.05, 0) is 121 Å². The molecule has 0 aromatic rings. The summed E-state index contributed by atoms with van der Waals surface area (Å²) in [5, 5.41) is 17.7. The van der Waals surface area contributed by atoms with Crippen LogP contribution >= 0.6 is 0 Å². The first-order valence-electron chi connectivity index (χ1n) is 23.3. The van der Waals surface area contributed by atoms with E-state index in [1.165, 1.54) is 5.57 Å². The van der Waals surface area contributed by atoms with E-state index < -0.39 is 29.0 Å². The molecule has 0 bridgehead atoms. The number of rotatable bonds is 16. The highest BCUT2D eigenvalue weighted by Gasteiger charge is 2.87. The highest BCUT2D eigenvalue weighted by molar-refractivity contribution is 6.23. The molecule has 7 rings (SSSR count). The zero-order valence-electron chi connectivity index (χ0n) is 36.9. The molecule has 0 aromatic carbocycles. The number of nitrogens with zero attached hydrogens (tertiary/aromatic N) is 1. The van der Waals surface area contributed by atoms with Gasteiger partial charge in [0.15, 0.2) is 23.1 Å². The standard InChI is InChI=1S/C47H75N7O5/c1-7-51-37-25-32-14-9-8-13-31(32)24-35(37)27-58-43(57)47-42(56)39-33(23-29(2)3)15-12-16-36(39)41(55)46(47,59-47)21-17-30(4)45(19-10-11-20-45)40(54-44(48)50-6)34-18-22-52-38(26-34)53-28-49-5/h9,14,17,25,29,31,33-40,49,51-53H,7-8,10-13,15-16,18-24,26-28H2,1-6H3,(H3,48,50,54)/t31-,33?,34?,35+,36?,37-,38?,39?,40-,46-,47-/m0/s1. The predicted octanol–water partition coefficient (Wildman–Crippen LogP) is 5.05. The van der Waals surface area contributed by atoms with E-state index in [1.807, 2.05) is 7.05 Å². The number of carbonyl (C=O) groups excluding carboxylic acids is 3. The second kappa shape index (κ2) is 18.6. The number of hydrogen-bond donors (Lipinski definition) is 6. The van der Waals surface area contributed by atoms with Gasteiger partial charge in [0.2, 0.25) is 0 Å². The molecule has 59 heavy (non-hydrogen) atoms. The van der Waals surface area contributed by atoms with Gasteiger partial charge in [0.25, 0.3) is 5.60 Å². The Hall–Kier alpha value is -2.90. The van der Waals surface area contributed by atoms with Crippen molar-refractivity contribution in [1.29, 1.82) is 0 Å². The second-order valence-electron chi connectivity index (χ2n) is 19.5. The molecule has 2 aliphatic heterocycles. The Bertz CT molecular complexity index is 1670. The van der Waals surface area contributed by atoms with Crippen LogP contribution < -0.4 is 32.3 Å². The van der Waals surface area contributed by atoms with Crippen molar-refractivity contribution in [3.63, 3.8) is 0 Å². The first kappa shape index (κ1) is 44.2. The molecule has 0 radical (unpaired) electrons. The summed E-state index contributed by atoms with van der Waals surface area (Å²) in [5.41, 5.74) is 5.28. The Balaban J connectivity index is 1.20. The second-order valence-corrected chi connectivity index (χ2v) is 19.5. The first-order chi connectivity index (χ1) is 28.4. The Morgan fingerprint density at radius 3 is 2.61 bits per heavy atom. The summed E-state index contributed by atoms with van der Waals surface area (Å²) < 4.78 is 12.9. The number of likely N-dealkylation sites (N-methyl/N-ethyl adjacent to an activating group) is 1. The number of nitrogens with one attached hydrogen (secondary N) is 5. The fraction of sp³-hybridized carbons (Fsp3) is 0.787. The summed E-state index contributed by atoms with van der Waals surface area (Å²) in [5.74, 6) is -0.289. The van der Waals surface area contributed by atoms with Crippen molar-refractivity contribution in [2.75, 3.05) is 40.5 Å². The van der Waals surface area contributed by atoms with Crippen LogP contribution in [-0.2, 0) is 23.9 Å². The number of Topliss-reactive ketones (excluding diaryl/α,β-unsaturated/α-hetero) is 2. The molecule has 2 saturated heterocycles. The molecule has 0 aromatic heterocycles. The van der Waals surface area contributed by atoms with Crippen LogP contribution in [0.2, 0.25) is 0 Å². The van der Waals surface area contributed by atoms with Gasteiger partial charge in [0, 0.05) is 55.4 Å². The number of aliphatic imine (C=N–C) groups is 1. The molecule has 7 aliphatic rings. The molecular weight excluding hydrogens is 743 g/mol. The van der Waals surface area contributed by atoms with Crippen molar-refractivity contribution < 1.29 is 23.9 Å². The van der Waals surface area contributed by atoms with E-state index in [4.69, 9.17) is 15.2 Å². The quantitative estimate of drug-likeness (QED) is 0.0234. The molecule has 5 aliphatic carbocycles. The van der Waals surface area contributed by atoms with Crippen LogP contribution in [-0.4, -0.2) is 93.4 Å². The van der Waals surface area contributed by atoms with E-state index in [-0.39, 0.29) is 60.1 Å². The van der Waals surface area contributed by atoms with E-state index in [0.717, 1.165) is 95.7 Å². The van der Waals surface area contributed by atoms with Crippen LogP contribution in [0.15, 0.2) is 40.4 Å². The third-order valence-corrected chi connectivity index (χ3v) is 15.7. The lowest BCUT2D eigenvalue weighted by Gasteiger charge is -2.46. The largest absolute Gasteiger partial charge is 0.463 e. The minimum atomic E-state index is -1.91. The minimum absolute atomic E-state index is 0.0101. The summed E-state index contributed by atoms with van der Waals surface area (Å²) in [6.45, 7) is 11.2. The maximum Gasteiger partial charge on any atom is 0.350 e. The molecule has 12 nitrogen and oxygen atoms in total. The van der Waals surface area contributed by atoms with Crippen LogP contribution in [0.5, 0.6) is 0 Å². The van der Waals surface area contributed by atoms with Crippen molar-refractivity contribution in [2.45, 2.75) is 147 Å². The fourth-order valence-electron chi connectivity index (χ4n) is 12.7. The molecule has 328 valence electrons. The van der Waals surface area contributed by atoms with E-state index in [2.05, 4.69) is 83.6 Å². The average molecular weight is 818 g/mol. The lowest BCUT2D eigenvalue weighted by molar-refractivity contribution is -0.161. The monoisotopic (exact) mass is 818 g/mol. The third-order valence-electron chi connectivity index (χ3n) is 15.7. The van der Waals surface area contributed by atoms with Gasteiger partial charge in [0.1, 0.15) is 0 Å². The van der Waals surface area contributed by atoms with Crippen LogP contribution in [0.4, 0.5) is 0 Å². The summed E-state index contributed by atoms with van der Waals surface area (Å²) >= 11 is 0. The van der Waals surface area contributed by atoms with Crippen molar-refractivity contribution >= 4 is 23.5 Å². The summed E-state index contributed by atoms with van der Waals surface area (Å²) in [7, 11) is 3.66. The van der Waals surface area contributed by atoms with Gasteiger partial charge < -0.3 is 36.5 Å². The van der Waals surface area contributed by atoms with Crippen molar-refractivity contribution in [3.8, 4) is 0 Å². The predicted molar refractivity (Wildman–Crippen MR) is 232 cm³/mol. The number of carbonyl (C=O) groups is 3.